The van der Waals surface area contributed by atoms with Gasteiger partial charge in [-0.25, -0.2) is 0 Å². The molecule has 0 aromatic carbocycles. The zero-order valence-electron chi connectivity index (χ0n) is 25.8. The first kappa shape index (κ1) is 37.8. The van der Waals surface area contributed by atoms with E-state index in [0.717, 1.165) is 6.42 Å². The van der Waals surface area contributed by atoms with Gasteiger partial charge >= 0.3 is 0 Å². The summed E-state index contributed by atoms with van der Waals surface area (Å²) < 4.78 is 0. The van der Waals surface area contributed by atoms with Crippen molar-refractivity contribution >= 4 is 0 Å². The normalized spacial score (nSPS) is 11.7. The molecule has 0 saturated heterocycles. The Morgan fingerprint density at radius 2 is 0.605 bits per heavy atom. The molecule has 0 aromatic rings. The van der Waals surface area contributed by atoms with Crippen molar-refractivity contribution in [3.8, 4) is 0 Å². The van der Waals surface area contributed by atoms with Gasteiger partial charge in [0.2, 0.25) is 0 Å². The molecule has 0 saturated carbocycles. The van der Waals surface area contributed by atoms with Gasteiger partial charge in [-0.1, -0.05) is 179 Å². The SMILES string of the molecule is CCCCCCCCCCCCCCCCCCCCCCCCCCCCCN(OCCO)OCCO. The Labute approximate surface area is 238 Å². The fourth-order valence-electron chi connectivity index (χ4n) is 5.19. The van der Waals surface area contributed by atoms with E-state index in [0.29, 0.717) is 6.54 Å². The van der Waals surface area contributed by atoms with Crippen molar-refractivity contribution in [2.24, 2.45) is 0 Å². The lowest BCUT2D eigenvalue weighted by atomic mass is 10.0. The summed E-state index contributed by atoms with van der Waals surface area (Å²) >= 11 is 0. The molecule has 0 aromatic heterocycles. The first-order chi connectivity index (χ1) is 18.8. The van der Waals surface area contributed by atoms with E-state index in [2.05, 4.69) is 6.92 Å². The smallest absolute Gasteiger partial charge is 0.0942 e. The molecule has 0 radical (unpaired) electrons. The van der Waals surface area contributed by atoms with Crippen molar-refractivity contribution in [2.75, 3.05) is 33.0 Å². The second-order valence-corrected chi connectivity index (χ2v) is 11.4. The van der Waals surface area contributed by atoms with E-state index in [9.17, 15) is 0 Å². The summed E-state index contributed by atoms with van der Waals surface area (Å²) in [5.41, 5.74) is 0. The van der Waals surface area contributed by atoms with Crippen LogP contribution in [0, 0.1) is 0 Å². The Kier molecular flexibility index (Phi) is 34.6. The number of hydrogen-bond acceptors (Lipinski definition) is 5. The fraction of sp³-hybridized carbons (Fsp3) is 1.00. The van der Waals surface area contributed by atoms with Crippen LogP contribution in [0.2, 0.25) is 0 Å². The van der Waals surface area contributed by atoms with Gasteiger partial charge in [0, 0.05) is 0 Å². The molecule has 0 fully saturated rings. The largest absolute Gasteiger partial charge is 0.394 e. The van der Waals surface area contributed by atoms with E-state index < -0.39 is 0 Å². The maximum atomic E-state index is 8.86. The molecule has 0 rings (SSSR count). The minimum atomic E-state index is -0.0292. The van der Waals surface area contributed by atoms with Crippen LogP contribution in [0.15, 0.2) is 0 Å². The van der Waals surface area contributed by atoms with Crippen molar-refractivity contribution in [2.45, 2.75) is 180 Å². The molecule has 0 aliphatic rings. The van der Waals surface area contributed by atoms with Crippen LogP contribution in [0.5, 0.6) is 0 Å². The molecular formula is C33H69NO4. The Hall–Kier alpha value is -0.200. The molecule has 2 N–H and O–H groups in total. The maximum absolute atomic E-state index is 8.86. The summed E-state index contributed by atoms with van der Waals surface area (Å²) in [4.78, 5) is 10.6. The first-order valence-corrected chi connectivity index (χ1v) is 17.1. The summed E-state index contributed by atoms with van der Waals surface area (Å²) in [6.45, 7) is 3.37. The Bertz CT molecular complexity index is 402. The lowest BCUT2D eigenvalue weighted by Gasteiger charge is -2.20. The Balaban J connectivity index is 3.16. The monoisotopic (exact) mass is 544 g/mol. The molecule has 0 unspecified atom stereocenters. The third-order valence-electron chi connectivity index (χ3n) is 7.60. The van der Waals surface area contributed by atoms with Crippen LogP contribution in [-0.4, -0.2) is 48.4 Å². The second-order valence-electron chi connectivity index (χ2n) is 11.4. The molecular weight excluding hydrogens is 474 g/mol. The summed E-state index contributed by atoms with van der Waals surface area (Å²) in [7, 11) is 0. The zero-order valence-corrected chi connectivity index (χ0v) is 25.8. The number of aliphatic hydroxyl groups excluding tert-OH is 2. The molecule has 0 aliphatic heterocycles. The van der Waals surface area contributed by atoms with E-state index in [1.807, 2.05) is 0 Å². The first-order valence-electron chi connectivity index (χ1n) is 17.1. The van der Waals surface area contributed by atoms with Crippen LogP contribution in [0.25, 0.3) is 0 Å². The molecule has 0 heterocycles. The third-order valence-corrected chi connectivity index (χ3v) is 7.60. The Morgan fingerprint density at radius 3 is 0.842 bits per heavy atom. The van der Waals surface area contributed by atoms with Crippen LogP contribution in [0.3, 0.4) is 0 Å². The summed E-state index contributed by atoms with van der Waals surface area (Å²) in [5, 5.41) is 19.1. The number of rotatable bonds is 34. The van der Waals surface area contributed by atoms with E-state index >= 15 is 0 Å². The van der Waals surface area contributed by atoms with Crippen molar-refractivity contribution < 1.29 is 19.9 Å². The van der Waals surface area contributed by atoms with Gasteiger partial charge in [0.1, 0.15) is 0 Å². The Morgan fingerprint density at radius 1 is 0.368 bits per heavy atom. The van der Waals surface area contributed by atoms with Gasteiger partial charge in [-0.3, -0.25) is 9.68 Å². The van der Waals surface area contributed by atoms with Gasteiger partial charge in [0.05, 0.1) is 33.0 Å². The number of unbranched alkanes of at least 4 members (excludes halogenated alkanes) is 26. The fourth-order valence-corrected chi connectivity index (χ4v) is 5.19. The van der Waals surface area contributed by atoms with Crippen LogP contribution in [0.4, 0.5) is 0 Å². The van der Waals surface area contributed by atoms with Gasteiger partial charge in [-0.05, 0) is 6.42 Å². The molecule has 5 nitrogen and oxygen atoms in total. The zero-order chi connectivity index (χ0) is 27.6. The highest BCUT2D eigenvalue weighted by molar-refractivity contribution is 4.52. The van der Waals surface area contributed by atoms with Crippen molar-refractivity contribution in [3.63, 3.8) is 0 Å². The molecule has 5 heteroatoms. The van der Waals surface area contributed by atoms with Crippen LogP contribution >= 0.6 is 0 Å². The van der Waals surface area contributed by atoms with Crippen LogP contribution < -0.4 is 0 Å². The lowest BCUT2D eigenvalue weighted by molar-refractivity contribution is -0.371. The molecule has 230 valence electrons. The molecule has 38 heavy (non-hydrogen) atoms. The van der Waals surface area contributed by atoms with E-state index in [1.54, 1.807) is 0 Å². The molecule has 0 atom stereocenters. The quantitative estimate of drug-likeness (QED) is 0.0625. The van der Waals surface area contributed by atoms with Crippen LogP contribution in [-0.2, 0) is 9.68 Å². The van der Waals surface area contributed by atoms with Gasteiger partial charge < -0.3 is 10.2 Å². The third kappa shape index (κ3) is 32.0. The van der Waals surface area contributed by atoms with Gasteiger partial charge in [-0.2, -0.15) is 0 Å². The van der Waals surface area contributed by atoms with Crippen LogP contribution in [0.1, 0.15) is 180 Å². The molecule has 0 aliphatic carbocycles. The van der Waals surface area contributed by atoms with Gasteiger partial charge in [0.15, 0.2) is 0 Å². The van der Waals surface area contributed by atoms with Crippen molar-refractivity contribution in [3.05, 3.63) is 0 Å². The predicted molar refractivity (Wildman–Crippen MR) is 163 cm³/mol. The summed E-state index contributed by atoms with van der Waals surface area (Å²) in [5.74, 6) is 0. The summed E-state index contributed by atoms with van der Waals surface area (Å²) in [6, 6.07) is 0. The molecule has 0 spiro atoms. The number of nitrogens with zero attached hydrogens (tertiary/aromatic N) is 1. The standard InChI is InChI=1S/C33H69NO4/c1-2-3-4-5-6-7-8-9-10-11-12-13-14-15-16-17-18-19-20-21-22-23-24-25-26-27-28-29-34(37-32-30-35)38-33-31-36/h35-36H,2-33H2,1H3. The van der Waals surface area contributed by atoms with E-state index in [-0.39, 0.29) is 26.4 Å². The van der Waals surface area contributed by atoms with E-state index in [1.165, 1.54) is 172 Å². The maximum Gasteiger partial charge on any atom is 0.0942 e. The second kappa shape index (κ2) is 34.8. The minimum absolute atomic E-state index is 0.0292. The van der Waals surface area contributed by atoms with Crippen molar-refractivity contribution in [1.82, 2.24) is 5.23 Å². The topological polar surface area (TPSA) is 62.2 Å². The highest BCUT2D eigenvalue weighted by Gasteiger charge is 2.05. The average molecular weight is 544 g/mol. The highest BCUT2D eigenvalue weighted by Crippen LogP contribution is 2.16. The minimum Gasteiger partial charge on any atom is -0.394 e. The van der Waals surface area contributed by atoms with E-state index in [4.69, 9.17) is 19.9 Å². The average Bonchev–Trinajstić information content (AvgIpc) is 2.93. The highest BCUT2D eigenvalue weighted by atomic mass is 16.9. The van der Waals surface area contributed by atoms with Gasteiger partial charge in [-0.15, -0.1) is 0 Å². The summed E-state index contributed by atoms with van der Waals surface area (Å²) in [6.07, 6.45) is 37.9. The number of aliphatic hydroxyl groups is 2. The molecule has 0 amide bonds. The lowest BCUT2D eigenvalue weighted by Crippen LogP contribution is -2.28. The number of hydroxylamine groups is 2. The van der Waals surface area contributed by atoms with Gasteiger partial charge in [0.25, 0.3) is 0 Å². The molecule has 0 bridgehead atoms. The van der Waals surface area contributed by atoms with Crippen molar-refractivity contribution in [1.29, 1.82) is 0 Å². The predicted octanol–water partition coefficient (Wildman–Crippen LogP) is 9.69. The number of hydrogen-bond donors (Lipinski definition) is 2.